The zero-order chi connectivity index (χ0) is 18.2. The van der Waals surface area contributed by atoms with Crippen molar-refractivity contribution in [2.24, 2.45) is 23.2 Å². The molecule has 1 aromatic carbocycles. The molecule has 1 aliphatic heterocycles. The van der Waals surface area contributed by atoms with Gasteiger partial charge in [0.05, 0.1) is 26.4 Å². The number of hydrogen-bond donors (Lipinski definition) is 0. The maximum absolute atomic E-state index is 11.4. The highest BCUT2D eigenvalue weighted by Gasteiger charge is 2.54. The summed E-state index contributed by atoms with van der Waals surface area (Å²) < 4.78 is 17.1. The van der Waals surface area contributed by atoms with E-state index in [-0.39, 0.29) is 23.4 Å². The largest absolute Gasteiger partial charge is 0.497 e. The Morgan fingerprint density at radius 3 is 2.56 bits per heavy atom. The molecule has 0 saturated carbocycles. The molecule has 1 aromatic rings. The first-order valence-corrected chi connectivity index (χ1v) is 8.96. The third-order valence-corrected chi connectivity index (χ3v) is 6.24. The predicted molar refractivity (Wildman–Crippen MR) is 96.3 cm³/mol. The molecule has 0 spiro atoms. The third-order valence-electron chi connectivity index (χ3n) is 6.24. The van der Waals surface area contributed by atoms with Crippen molar-refractivity contribution in [1.82, 2.24) is 0 Å². The molecule has 25 heavy (non-hydrogen) atoms. The van der Waals surface area contributed by atoms with E-state index in [0.29, 0.717) is 25.0 Å². The number of benzene rings is 1. The molecule has 4 heteroatoms. The maximum atomic E-state index is 11.4. The molecule has 2 aliphatic rings. The van der Waals surface area contributed by atoms with Crippen LogP contribution in [0.4, 0.5) is 0 Å². The van der Waals surface area contributed by atoms with Gasteiger partial charge in [0.15, 0.2) is 0 Å². The van der Waals surface area contributed by atoms with Gasteiger partial charge < -0.3 is 14.2 Å². The van der Waals surface area contributed by atoms with Crippen LogP contribution >= 0.6 is 0 Å². The van der Waals surface area contributed by atoms with Crippen molar-refractivity contribution >= 4 is 5.97 Å². The quantitative estimate of drug-likeness (QED) is 0.607. The minimum Gasteiger partial charge on any atom is -0.497 e. The second-order valence-corrected chi connectivity index (χ2v) is 7.53. The van der Waals surface area contributed by atoms with Gasteiger partial charge in [-0.1, -0.05) is 37.6 Å². The van der Waals surface area contributed by atoms with E-state index in [0.717, 1.165) is 5.75 Å². The first-order valence-electron chi connectivity index (χ1n) is 8.96. The van der Waals surface area contributed by atoms with E-state index < -0.39 is 0 Å². The standard InChI is InChI=1S/C21H28O4/c1-13-10-14(2)21(11-24-16(4)22)12-25-20(19(13)15(21)3)17-6-8-18(23-5)9-7-17/h6-10,14-15,19-20H,11-12H2,1-5H3/t14-,15+,19+,20+,21+/m1/s1. The highest BCUT2D eigenvalue weighted by molar-refractivity contribution is 5.66. The molecule has 2 bridgehead atoms. The normalized spacial score (nSPS) is 34.2. The molecular formula is C21H28O4. The number of rotatable bonds is 4. The molecule has 0 N–H and O–H groups in total. The summed E-state index contributed by atoms with van der Waals surface area (Å²) in [4.78, 5) is 11.4. The predicted octanol–water partition coefficient (Wildman–Crippen LogP) is 4.16. The zero-order valence-corrected chi connectivity index (χ0v) is 15.7. The number of methoxy groups -OCH3 is 1. The summed E-state index contributed by atoms with van der Waals surface area (Å²) in [5.41, 5.74) is 2.37. The van der Waals surface area contributed by atoms with Crippen molar-refractivity contribution in [2.45, 2.75) is 33.8 Å². The molecular weight excluding hydrogens is 316 g/mol. The van der Waals surface area contributed by atoms with Gasteiger partial charge in [0.1, 0.15) is 5.75 Å². The minimum atomic E-state index is -0.228. The Balaban J connectivity index is 1.92. The molecule has 1 heterocycles. The van der Waals surface area contributed by atoms with Crippen LogP contribution in [0.15, 0.2) is 35.9 Å². The van der Waals surface area contributed by atoms with Crippen molar-refractivity contribution in [2.75, 3.05) is 20.3 Å². The van der Waals surface area contributed by atoms with Crippen molar-refractivity contribution < 1.29 is 19.0 Å². The summed E-state index contributed by atoms with van der Waals surface area (Å²) in [5.74, 6) is 1.59. The fourth-order valence-corrected chi connectivity index (χ4v) is 4.59. The van der Waals surface area contributed by atoms with E-state index in [9.17, 15) is 4.79 Å². The van der Waals surface area contributed by atoms with Crippen LogP contribution in [-0.2, 0) is 14.3 Å². The van der Waals surface area contributed by atoms with Gasteiger partial charge in [-0.3, -0.25) is 4.79 Å². The third kappa shape index (κ3) is 3.08. The number of ether oxygens (including phenoxy) is 3. The highest BCUT2D eigenvalue weighted by atomic mass is 16.5. The Hall–Kier alpha value is -1.81. The van der Waals surface area contributed by atoms with Crippen LogP contribution in [0, 0.1) is 23.2 Å². The molecule has 136 valence electrons. The van der Waals surface area contributed by atoms with Gasteiger partial charge in [0, 0.05) is 18.3 Å². The monoisotopic (exact) mass is 344 g/mol. The Morgan fingerprint density at radius 1 is 1.28 bits per heavy atom. The van der Waals surface area contributed by atoms with E-state index in [1.54, 1.807) is 7.11 Å². The van der Waals surface area contributed by atoms with E-state index in [1.165, 1.54) is 18.1 Å². The maximum Gasteiger partial charge on any atom is 0.302 e. The Labute approximate surface area is 150 Å². The molecule has 0 aromatic heterocycles. The van der Waals surface area contributed by atoms with Crippen LogP contribution in [0.3, 0.4) is 0 Å². The first-order chi connectivity index (χ1) is 11.9. The molecule has 5 atom stereocenters. The molecule has 0 amide bonds. The molecule has 1 fully saturated rings. The van der Waals surface area contributed by atoms with Gasteiger partial charge in [-0.25, -0.2) is 0 Å². The fraction of sp³-hybridized carbons (Fsp3) is 0.571. The lowest BCUT2D eigenvalue weighted by Crippen LogP contribution is -2.54. The summed E-state index contributed by atoms with van der Waals surface area (Å²) in [5, 5.41) is 0. The second-order valence-electron chi connectivity index (χ2n) is 7.53. The van der Waals surface area contributed by atoms with Gasteiger partial charge in [-0.2, -0.15) is 0 Å². The van der Waals surface area contributed by atoms with Gasteiger partial charge in [0.2, 0.25) is 0 Å². The van der Waals surface area contributed by atoms with E-state index >= 15 is 0 Å². The summed E-state index contributed by atoms with van der Waals surface area (Å²) >= 11 is 0. The lowest BCUT2D eigenvalue weighted by molar-refractivity contribution is -0.180. The average Bonchev–Trinajstić information content (AvgIpc) is 2.59. The number of carbonyl (C=O) groups excluding carboxylic acids is 1. The SMILES string of the molecule is COc1ccc([C@@H]2OC[C@@]3(COC(C)=O)[C@H](C)C=C(C)[C@H]2[C@@H]3C)cc1. The lowest BCUT2D eigenvalue weighted by Gasteiger charge is -2.55. The number of allylic oxidation sites excluding steroid dienone is 1. The summed E-state index contributed by atoms with van der Waals surface area (Å²) in [6.45, 7) is 9.16. The van der Waals surface area contributed by atoms with Crippen molar-refractivity contribution in [1.29, 1.82) is 0 Å². The summed E-state index contributed by atoms with van der Waals surface area (Å²) in [6, 6.07) is 8.13. The second kappa shape index (κ2) is 6.83. The molecule has 3 rings (SSSR count). The van der Waals surface area contributed by atoms with Crippen molar-refractivity contribution in [3.8, 4) is 5.75 Å². The highest BCUT2D eigenvalue weighted by Crippen LogP contribution is 2.56. The molecule has 1 saturated heterocycles. The molecule has 0 radical (unpaired) electrons. The lowest BCUT2D eigenvalue weighted by atomic mass is 9.56. The van der Waals surface area contributed by atoms with Gasteiger partial charge >= 0.3 is 5.97 Å². The van der Waals surface area contributed by atoms with E-state index in [1.807, 2.05) is 12.1 Å². The number of carbonyl (C=O) groups is 1. The first kappa shape index (κ1) is 18.0. The minimum absolute atomic E-state index is 0.0232. The zero-order valence-electron chi connectivity index (χ0n) is 15.7. The van der Waals surface area contributed by atoms with Crippen LogP contribution in [0.5, 0.6) is 5.75 Å². The van der Waals surface area contributed by atoms with Gasteiger partial charge in [0.25, 0.3) is 0 Å². The number of fused-ring (bicyclic) bond motifs is 2. The van der Waals surface area contributed by atoms with Crippen LogP contribution in [-0.4, -0.2) is 26.3 Å². The van der Waals surface area contributed by atoms with Crippen LogP contribution in [0.2, 0.25) is 0 Å². The smallest absolute Gasteiger partial charge is 0.302 e. The topological polar surface area (TPSA) is 44.8 Å². The number of hydrogen-bond acceptors (Lipinski definition) is 4. The van der Waals surface area contributed by atoms with E-state index in [4.69, 9.17) is 14.2 Å². The number of esters is 1. The summed E-state index contributed by atoms with van der Waals surface area (Å²) in [7, 11) is 1.67. The Kier molecular flexibility index (Phi) is 4.92. The van der Waals surface area contributed by atoms with Crippen molar-refractivity contribution in [3.63, 3.8) is 0 Å². The van der Waals surface area contributed by atoms with Crippen LogP contribution < -0.4 is 4.74 Å². The molecule has 1 aliphatic carbocycles. The van der Waals surface area contributed by atoms with Crippen LogP contribution in [0.25, 0.3) is 0 Å². The fourth-order valence-electron chi connectivity index (χ4n) is 4.59. The summed E-state index contributed by atoms with van der Waals surface area (Å²) in [6.07, 6.45) is 2.36. The molecule has 0 unspecified atom stereocenters. The van der Waals surface area contributed by atoms with Crippen molar-refractivity contribution in [3.05, 3.63) is 41.5 Å². The Bertz CT molecular complexity index is 663. The van der Waals surface area contributed by atoms with Crippen LogP contribution in [0.1, 0.15) is 39.4 Å². The molecule has 4 nitrogen and oxygen atoms in total. The van der Waals surface area contributed by atoms with E-state index in [2.05, 4.69) is 39.0 Å². The Morgan fingerprint density at radius 2 is 1.96 bits per heavy atom. The van der Waals surface area contributed by atoms with Gasteiger partial charge in [-0.15, -0.1) is 0 Å². The van der Waals surface area contributed by atoms with Gasteiger partial charge in [-0.05, 0) is 36.5 Å². The average molecular weight is 344 g/mol.